The maximum absolute atomic E-state index is 5.88. The molecule has 1 aliphatic rings. The fourth-order valence-corrected chi connectivity index (χ4v) is 2.44. The molecule has 2 nitrogen and oxygen atoms in total. The summed E-state index contributed by atoms with van der Waals surface area (Å²) in [7, 11) is 0. The van der Waals surface area contributed by atoms with Crippen LogP contribution in [0.4, 0.5) is 0 Å². The summed E-state index contributed by atoms with van der Waals surface area (Å²) in [5, 5.41) is 3.61. The second-order valence-electron chi connectivity index (χ2n) is 4.51. The van der Waals surface area contributed by atoms with E-state index in [1.165, 1.54) is 25.7 Å². The van der Waals surface area contributed by atoms with Crippen LogP contribution in [0.25, 0.3) is 0 Å². The van der Waals surface area contributed by atoms with Gasteiger partial charge in [0.2, 0.25) is 0 Å². The molecule has 0 aliphatic heterocycles. The lowest BCUT2D eigenvalue weighted by Crippen LogP contribution is -2.49. The molecule has 1 rings (SSSR count). The molecule has 2 unspecified atom stereocenters. The summed E-state index contributed by atoms with van der Waals surface area (Å²) in [6.45, 7) is 7.82. The summed E-state index contributed by atoms with van der Waals surface area (Å²) >= 11 is 0. The molecule has 2 atom stereocenters. The Kier molecular flexibility index (Phi) is 4.63. The molecule has 0 radical (unpaired) electrons. The third kappa shape index (κ3) is 2.82. The minimum absolute atomic E-state index is 0.240. The first-order valence-electron chi connectivity index (χ1n) is 5.82. The fourth-order valence-electron chi connectivity index (χ4n) is 2.44. The van der Waals surface area contributed by atoms with Crippen molar-refractivity contribution in [2.24, 2.45) is 11.7 Å². The van der Waals surface area contributed by atoms with Crippen LogP contribution in [0.15, 0.2) is 12.7 Å². The van der Waals surface area contributed by atoms with Crippen LogP contribution >= 0.6 is 0 Å². The molecule has 0 bridgehead atoms. The summed E-state index contributed by atoms with van der Waals surface area (Å²) < 4.78 is 0. The van der Waals surface area contributed by atoms with Crippen LogP contribution in [-0.4, -0.2) is 18.6 Å². The second-order valence-corrected chi connectivity index (χ2v) is 4.51. The Bertz CT molecular complexity index is 179. The van der Waals surface area contributed by atoms with Crippen molar-refractivity contribution in [3.63, 3.8) is 0 Å². The maximum Gasteiger partial charge on any atom is 0.0306 e. The van der Waals surface area contributed by atoms with E-state index in [-0.39, 0.29) is 5.54 Å². The van der Waals surface area contributed by atoms with Crippen molar-refractivity contribution < 1.29 is 0 Å². The molecule has 2 heteroatoms. The van der Waals surface area contributed by atoms with Crippen molar-refractivity contribution in [3.8, 4) is 0 Å². The first-order valence-corrected chi connectivity index (χ1v) is 5.82. The van der Waals surface area contributed by atoms with Gasteiger partial charge in [-0.2, -0.15) is 0 Å². The van der Waals surface area contributed by atoms with Crippen molar-refractivity contribution in [3.05, 3.63) is 12.7 Å². The van der Waals surface area contributed by atoms with Crippen LogP contribution in [0, 0.1) is 5.92 Å². The van der Waals surface area contributed by atoms with Crippen molar-refractivity contribution in [2.45, 2.75) is 44.6 Å². The zero-order valence-electron chi connectivity index (χ0n) is 9.39. The van der Waals surface area contributed by atoms with Crippen LogP contribution in [0.3, 0.4) is 0 Å². The highest BCUT2D eigenvalue weighted by Crippen LogP contribution is 2.35. The van der Waals surface area contributed by atoms with Crippen LogP contribution in [0.5, 0.6) is 0 Å². The normalized spacial score (nSPS) is 32.0. The Morgan fingerprint density at radius 2 is 2.43 bits per heavy atom. The van der Waals surface area contributed by atoms with Crippen LogP contribution < -0.4 is 11.1 Å². The maximum atomic E-state index is 5.88. The van der Waals surface area contributed by atoms with Gasteiger partial charge in [-0.1, -0.05) is 19.4 Å². The topological polar surface area (TPSA) is 38.0 Å². The predicted molar refractivity (Wildman–Crippen MR) is 62.2 cm³/mol. The first kappa shape index (κ1) is 11.7. The Balaban J connectivity index is 2.39. The Hall–Kier alpha value is -0.340. The molecule has 0 saturated heterocycles. The first-order chi connectivity index (χ1) is 6.76. The molecule has 1 aliphatic carbocycles. The minimum atomic E-state index is 0.240. The van der Waals surface area contributed by atoms with E-state index in [4.69, 9.17) is 5.73 Å². The van der Waals surface area contributed by atoms with E-state index < -0.39 is 0 Å². The van der Waals surface area contributed by atoms with Gasteiger partial charge in [0.05, 0.1) is 0 Å². The van der Waals surface area contributed by atoms with Gasteiger partial charge < -0.3 is 11.1 Å². The number of hydrogen-bond donors (Lipinski definition) is 2. The van der Waals surface area contributed by atoms with Gasteiger partial charge >= 0.3 is 0 Å². The van der Waals surface area contributed by atoms with Crippen LogP contribution in [-0.2, 0) is 0 Å². The zero-order chi connectivity index (χ0) is 10.4. The van der Waals surface area contributed by atoms with Crippen LogP contribution in [0.2, 0.25) is 0 Å². The molecular formula is C12H24N2. The third-order valence-electron chi connectivity index (χ3n) is 3.53. The highest BCUT2D eigenvalue weighted by molar-refractivity contribution is 4.97. The standard InChI is InChI=1S/C12H24N2/c1-3-5-8-14-12(10-13)7-6-11(4-2)9-12/h3,11,14H,1,4-10,13H2,2H3. The van der Waals surface area contributed by atoms with Crippen molar-refractivity contribution in [2.75, 3.05) is 13.1 Å². The number of hydrogen-bond acceptors (Lipinski definition) is 2. The van der Waals surface area contributed by atoms with Gasteiger partial charge in [-0.25, -0.2) is 0 Å². The minimum Gasteiger partial charge on any atom is -0.329 e. The molecule has 0 aromatic rings. The summed E-state index contributed by atoms with van der Waals surface area (Å²) in [6.07, 6.45) is 8.15. The molecule has 1 saturated carbocycles. The van der Waals surface area contributed by atoms with E-state index in [0.717, 1.165) is 25.4 Å². The van der Waals surface area contributed by atoms with Gasteiger partial charge in [0.1, 0.15) is 0 Å². The Morgan fingerprint density at radius 3 is 2.93 bits per heavy atom. The number of rotatable bonds is 6. The second kappa shape index (κ2) is 5.52. The molecule has 3 N–H and O–H groups in total. The lowest BCUT2D eigenvalue weighted by molar-refractivity contribution is 0.329. The van der Waals surface area contributed by atoms with E-state index >= 15 is 0 Å². The van der Waals surface area contributed by atoms with Crippen molar-refractivity contribution in [1.29, 1.82) is 0 Å². The predicted octanol–water partition coefficient (Wildman–Crippen LogP) is 2.06. The van der Waals surface area contributed by atoms with Gasteiger partial charge in [-0.3, -0.25) is 0 Å². The smallest absolute Gasteiger partial charge is 0.0306 e. The molecule has 0 heterocycles. The highest BCUT2D eigenvalue weighted by Gasteiger charge is 2.36. The lowest BCUT2D eigenvalue weighted by Gasteiger charge is -2.29. The largest absolute Gasteiger partial charge is 0.329 e. The molecule has 0 aromatic heterocycles. The molecule has 0 aromatic carbocycles. The van der Waals surface area contributed by atoms with E-state index in [2.05, 4.69) is 18.8 Å². The van der Waals surface area contributed by atoms with E-state index in [1.807, 2.05) is 6.08 Å². The average Bonchev–Trinajstić information content (AvgIpc) is 2.63. The monoisotopic (exact) mass is 196 g/mol. The molecule has 14 heavy (non-hydrogen) atoms. The average molecular weight is 196 g/mol. The van der Waals surface area contributed by atoms with Gasteiger partial charge in [0, 0.05) is 12.1 Å². The zero-order valence-corrected chi connectivity index (χ0v) is 9.39. The van der Waals surface area contributed by atoms with Crippen molar-refractivity contribution >= 4 is 0 Å². The summed E-state index contributed by atoms with van der Waals surface area (Å²) in [5.74, 6) is 0.884. The number of nitrogens with two attached hydrogens (primary N) is 1. The number of nitrogens with one attached hydrogen (secondary N) is 1. The molecule has 1 fully saturated rings. The molecule has 82 valence electrons. The SMILES string of the molecule is C=CCCNC1(CN)CCC(CC)C1. The summed E-state index contributed by atoms with van der Waals surface area (Å²) in [4.78, 5) is 0. The van der Waals surface area contributed by atoms with Gasteiger partial charge in [0.15, 0.2) is 0 Å². The van der Waals surface area contributed by atoms with Gasteiger partial charge in [-0.15, -0.1) is 6.58 Å². The van der Waals surface area contributed by atoms with Gasteiger partial charge in [-0.05, 0) is 38.1 Å². The van der Waals surface area contributed by atoms with E-state index in [1.54, 1.807) is 0 Å². The molecule has 0 spiro atoms. The third-order valence-corrected chi connectivity index (χ3v) is 3.53. The van der Waals surface area contributed by atoms with Gasteiger partial charge in [0.25, 0.3) is 0 Å². The fraction of sp³-hybridized carbons (Fsp3) is 0.833. The van der Waals surface area contributed by atoms with Crippen molar-refractivity contribution in [1.82, 2.24) is 5.32 Å². The van der Waals surface area contributed by atoms with E-state index in [0.29, 0.717) is 0 Å². The van der Waals surface area contributed by atoms with Crippen LogP contribution in [0.1, 0.15) is 39.0 Å². The lowest BCUT2D eigenvalue weighted by atomic mass is 9.95. The Morgan fingerprint density at radius 1 is 1.64 bits per heavy atom. The summed E-state index contributed by atoms with van der Waals surface area (Å²) in [5.41, 5.74) is 6.12. The Labute approximate surface area is 87.9 Å². The van der Waals surface area contributed by atoms with E-state index in [9.17, 15) is 0 Å². The molecular weight excluding hydrogens is 172 g/mol. The summed E-state index contributed by atoms with van der Waals surface area (Å²) in [6, 6.07) is 0. The quantitative estimate of drug-likeness (QED) is 0.504. The molecule has 0 amide bonds. The highest BCUT2D eigenvalue weighted by atomic mass is 15.0.